The van der Waals surface area contributed by atoms with Crippen molar-refractivity contribution in [3.8, 4) is 5.88 Å². The summed E-state index contributed by atoms with van der Waals surface area (Å²) in [4.78, 5) is 23.7. The van der Waals surface area contributed by atoms with Gasteiger partial charge in [0.2, 0.25) is 5.88 Å². The molecule has 1 unspecified atom stereocenters. The van der Waals surface area contributed by atoms with Gasteiger partial charge >= 0.3 is 0 Å². The molecule has 3 aromatic rings. The molecule has 2 aliphatic heterocycles. The molecular formula is C19H20FN7O2. The summed E-state index contributed by atoms with van der Waals surface area (Å²) in [5.41, 5.74) is 7.28. The summed E-state index contributed by atoms with van der Waals surface area (Å²) in [6.45, 7) is 2.78. The van der Waals surface area contributed by atoms with Gasteiger partial charge < -0.3 is 20.7 Å². The van der Waals surface area contributed by atoms with E-state index in [0.29, 0.717) is 22.9 Å². The van der Waals surface area contributed by atoms with Gasteiger partial charge in [0.15, 0.2) is 11.5 Å². The van der Waals surface area contributed by atoms with Crippen LogP contribution in [0.3, 0.4) is 0 Å². The van der Waals surface area contributed by atoms with Gasteiger partial charge in [-0.25, -0.2) is 18.9 Å². The minimum Gasteiger partial charge on any atom is -0.473 e. The molecule has 1 amide bonds. The van der Waals surface area contributed by atoms with E-state index in [2.05, 4.69) is 25.3 Å². The highest BCUT2D eigenvalue weighted by Gasteiger charge is 2.32. The zero-order valence-electron chi connectivity index (χ0n) is 15.8. The molecule has 5 rings (SSSR count). The van der Waals surface area contributed by atoms with E-state index in [1.165, 1.54) is 10.6 Å². The van der Waals surface area contributed by atoms with Crippen molar-refractivity contribution in [2.45, 2.75) is 31.9 Å². The Morgan fingerprint density at radius 2 is 2.28 bits per heavy atom. The molecule has 29 heavy (non-hydrogen) atoms. The SMILES string of the molecule is C[C@H]1CNC(=O)c2c(N)nn3ccc(nc23)N2CCCC2c2cc(F)cnc2O1. The molecule has 5 heterocycles. The fraction of sp³-hybridized carbons (Fsp3) is 0.368. The van der Waals surface area contributed by atoms with Crippen molar-refractivity contribution in [2.24, 2.45) is 0 Å². The second-order valence-electron chi connectivity index (χ2n) is 7.35. The van der Waals surface area contributed by atoms with Crippen LogP contribution in [0.5, 0.6) is 5.88 Å². The highest BCUT2D eigenvalue weighted by Crippen LogP contribution is 2.39. The molecular weight excluding hydrogens is 377 g/mol. The lowest BCUT2D eigenvalue weighted by Gasteiger charge is -2.27. The van der Waals surface area contributed by atoms with Crippen molar-refractivity contribution in [2.75, 3.05) is 23.7 Å². The Morgan fingerprint density at radius 1 is 1.41 bits per heavy atom. The number of ether oxygens (including phenoxy) is 1. The van der Waals surface area contributed by atoms with Crippen LogP contribution in [0.25, 0.3) is 5.65 Å². The second-order valence-corrected chi connectivity index (χ2v) is 7.35. The normalized spacial score (nSPS) is 21.6. The molecule has 3 N–H and O–H groups in total. The first-order valence-corrected chi connectivity index (χ1v) is 9.53. The molecule has 0 aromatic carbocycles. The first-order valence-electron chi connectivity index (χ1n) is 9.53. The van der Waals surface area contributed by atoms with Gasteiger partial charge in [-0.2, -0.15) is 0 Å². The number of nitrogens with one attached hydrogen (secondary N) is 1. The number of halogens is 1. The Hall–Kier alpha value is -3.43. The summed E-state index contributed by atoms with van der Waals surface area (Å²) in [7, 11) is 0. The standard InChI is InChI=1S/C19H20FN7O2/c1-10-8-22-18(28)15-16(21)25-27-6-4-14(24-17(15)27)26-5-2-3-13(26)12-7-11(20)9-23-19(12)29-10/h4,6-7,9-10,13H,2-3,5,8H2,1H3,(H2,21,25)(H,22,28)/t10-,13?/m0/s1. The molecule has 0 radical (unpaired) electrons. The molecule has 10 heteroatoms. The quantitative estimate of drug-likeness (QED) is 0.594. The van der Waals surface area contributed by atoms with Gasteiger partial charge in [0.05, 0.1) is 18.8 Å². The van der Waals surface area contributed by atoms with Crippen LogP contribution in [0.4, 0.5) is 16.0 Å². The number of hydrogen-bond donors (Lipinski definition) is 2. The van der Waals surface area contributed by atoms with Crippen molar-refractivity contribution >= 4 is 23.2 Å². The summed E-state index contributed by atoms with van der Waals surface area (Å²) < 4.78 is 21.5. The maximum Gasteiger partial charge on any atom is 0.259 e. The van der Waals surface area contributed by atoms with Gasteiger partial charge in [-0.1, -0.05) is 0 Å². The molecule has 0 spiro atoms. The summed E-state index contributed by atoms with van der Waals surface area (Å²) in [6, 6.07) is 3.15. The van der Waals surface area contributed by atoms with Crippen molar-refractivity contribution in [1.82, 2.24) is 24.9 Å². The number of nitrogens with two attached hydrogens (primary N) is 1. The number of fused-ring (bicyclic) bond motifs is 5. The lowest BCUT2D eigenvalue weighted by molar-refractivity contribution is 0.0932. The van der Waals surface area contributed by atoms with E-state index < -0.39 is 5.82 Å². The fourth-order valence-electron chi connectivity index (χ4n) is 4.02. The molecule has 1 fully saturated rings. The molecule has 3 aromatic heterocycles. The second kappa shape index (κ2) is 6.57. The first-order chi connectivity index (χ1) is 14.0. The first kappa shape index (κ1) is 17.7. The number of pyridine rings is 1. The van der Waals surface area contributed by atoms with Crippen LogP contribution in [-0.2, 0) is 0 Å². The maximum absolute atomic E-state index is 14.1. The Morgan fingerprint density at radius 3 is 3.14 bits per heavy atom. The average Bonchev–Trinajstić information content (AvgIpc) is 3.30. The van der Waals surface area contributed by atoms with E-state index in [1.54, 1.807) is 6.20 Å². The van der Waals surface area contributed by atoms with Crippen LogP contribution in [-0.4, -0.2) is 44.7 Å². The van der Waals surface area contributed by atoms with Crippen molar-refractivity contribution in [3.63, 3.8) is 0 Å². The number of aromatic nitrogens is 4. The largest absolute Gasteiger partial charge is 0.473 e. The Labute approximate surface area is 165 Å². The minimum atomic E-state index is -0.418. The van der Waals surface area contributed by atoms with Crippen LogP contribution in [0, 0.1) is 5.82 Å². The third-order valence-electron chi connectivity index (χ3n) is 5.34. The molecule has 0 aliphatic carbocycles. The average molecular weight is 397 g/mol. The minimum absolute atomic E-state index is 0.112. The fourth-order valence-corrected chi connectivity index (χ4v) is 4.02. The summed E-state index contributed by atoms with van der Waals surface area (Å²) in [5.74, 6) is 0.353. The van der Waals surface area contributed by atoms with Gasteiger partial charge in [-0.3, -0.25) is 4.79 Å². The van der Waals surface area contributed by atoms with Gasteiger partial charge in [0, 0.05) is 18.3 Å². The van der Waals surface area contributed by atoms with Gasteiger partial charge in [0.25, 0.3) is 5.91 Å². The highest BCUT2D eigenvalue weighted by molar-refractivity contribution is 6.04. The van der Waals surface area contributed by atoms with Crippen molar-refractivity contribution < 1.29 is 13.9 Å². The zero-order valence-corrected chi connectivity index (χ0v) is 15.8. The number of carbonyl (C=O) groups excluding carboxylic acids is 1. The number of nitrogen functional groups attached to an aromatic ring is 1. The van der Waals surface area contributed by atoms with Gasteiger partial charge in [0.1, 0.15) is 23.3 Å². The topological polar surface area (TPSA) is 111 Å². The van der Waals surface area contributed by atoms with E-state index >= 15 is 0 Å². The maximum atomic E-state index is 14.1. The van der Waals surface area contributed by atoms with E-state index in [0.717, 1.165) is 25.6 Å². The summed E-state index contributed by atoms with van der Waals surface area (Å²) >= 11 is 0. The Balaban J connectivity index is 1.70. The number of amides is 1. The number of rotatable bonds is 0. The predicted molar refractivity (Wildman–Crippen MR) is 103 cm³/mol. The Kier molecular flexibility index (Phi) is 4.00. The number of nitrogens with zero attached hydrogens (tertiary/aromatic N) is 5. The van der Waals surface area contributed by atoms with Crippen LogP contribution in [0.1, 0.15) is 41.7 Å². The van der Waals surface area contributed by atoms with E-state index in [1.807, 2.05) is 13.0 Å². The van der Waals surface area contributed by atoms with E-state index in [4.69, 9.17) is 10.5 Å². The van der Waals surface area contributed by atoms with Crippen LogP contribution in [0.2, 0.25) is 0 Å². The lowest BCUT2D eigenvalue weighted by Crippen LogP contribution is -2.34. The van der Waals surface area contributed by atoms with Gasteiger partial charge in [-0.15, -0.1) is 5.10 Å². The number of hydrogen-bond acceptors (Lipinski definition) is 7. The van der Waals surface area contributed by atoms with Crippen molar-refractivity contribution in [3.05, 3.63) is 41.5 Å². The molecule has 1 saturated heterocycles. The number of anilines is 2. The van der Waals surface area contributed by atoms with Crippen LogP contribution >= 0.6 is 0 Å². The summed E-state index contributed by atoms with van der Waals surface area (Å²) in [5, 5.41) is 7.00. The third-order valence-corrected chi connectivity index (χ3v) is 5.34. The van der Waals surface area contributed by atoms with E-state index in [9.17, 15) is 9.18 Å². The van der Waals surface area contributed by atoms with Crippen LogP contribution in [0.15, 0.2) is 24.5 Å². The molecule has 9 nitrogen and oxygen atoms in total. The van der Waals surface area contributed by atoms with E-state index in [-0.39, 0.29) is 36.0 Å². The molecule has 2 atom stereocenters. The predicted octanol–water partition coefficient (Wildman–Crippen LogP) is 1.70. The monoisotopic (exact) mass is 397 g/mol. The summed E-state index contributed by atoms with van der Waals surface area (Å²) in [6.07, 6.45) is 4.22. The Bertz CT molecular complexity index is 1120. The molecule has 2 bridgehead atoms. The molecule has 150 valence electrons. The van der Waals surface area contributed by atoms with Crippen LogP contribution < -0.4 is 20.7 Å². The lowest BCUT2D eigenvalue weighted by atomic mass is 10.1. The number of carbonyl (C=O) groups is 1. The molecule has 0 saturated carbocycles. The van der Waals surface area contributed by atoms with Crippen molar-refractivity contribution in [1.29, 1.82) is 0 Å². The van der Waals surface area contributed by atoms with Gasteiger partial charge in [-0.05, 0) is 31.9 Å². The zero-order chi connectivity index (χ0) is 20.1. The highest BCUT2D eigenvalue weighted by atomic mass is 19.1. The smallest absolute Gasteiger partial charge is 0.259 e. The third kappa shape index (κ3) is 2.91. The molecule has 2 aliphatic rings.